The molecule has 1 N–H and O–H groups in total. The summed E-state index contributed by atoms with van der Waals surface area (Å²) in [6.07, 6.45) is 4.11. The van der Waals surface area contributed by atoms with E-state index in [0.717, 1.165) is 34.5 Å². The highest BCUT2D eigenvalue weighted by atomic mass is 32.2. The maximum Gasteiger partial charge on any atom is 0.221 e. The lowest BCUT2D eigenvalue weighted by atomic mass is 10.0. The molecule has 1 rings (SSSR count). The normalized spacial score (nSPS) is 12.6. The van der Waals surface area contributed by atoms with E-state index in [1.165, 1.54) is 12.8 Å². The number of nitrogens with one attached hydrogen (secondary N) is 1. The summed E-state index contributed by atoms with van der Waals surface area (Å²) >= 11 is 3.46. The summed E-state index contributed by atoms with van der Waals surface area (Å²) in [5.74, 6) is 2.69. The minimum Gasteiger partial charge on any atom is -0.354 e. The van der Waals surface area contributed by atoms with Crippen molar-refractivity contribution >= 4 is 29.0 Å². The number of hydrogen-bond donors (Lipinski definition) is 1. The Bertz CT molecular complexity index is 418. The molecule has 1 aromatic heterocycles. The molecule has 0 aliphatic heterocycles. The Balaban J connectivity index is 2.05. The second-order valence-corrected chi connectivity index (χ2v) is 8.12. The SMILES string of the molecule is Cc1nc(CSCCC(=O)NC(C)CCCC(C)C)cs1. The Kier molecular flexibility index (Phi) is 9.00. The van der Waals surface area contributed by atoms with Crippen molar-refractivity contribution in [2.24, 2.45) is 5.92 Å². The van der Waals surface area contributed by atoms with Gasteiger partial charge in [-0.3, -0.25) is 4.79 Å². The van der Waals surface area contributed by atoms with Gasteiger partial charge in [-0.2, -0.15) is 11.8 Å². The molecule has 0 bridgehead atoms. The molecule has 1 atom stereocenters. The number of carbonyl (C=O) groups is 1. The van der Waals surface area contributed by atoms with Crippen molar-refractivity contribution in [3.63, 3.8) is 0 Å². The van der Waals surface area contributed by atoms with Crippen molar-refractivity contribution in [2.45, 2.75) is 65.2 Å². The van der Waals surface area contributed by atoms with Crippen molar-refractivity contribution in [3.8, 4) is 0 Å². The van der Waals surface area contributed by atoms with Gasteiger partial charge in [0.2, 0.25) is 5.91 Å². The third-order valence-corrected chi connectivity index (χ3v) is 5.03. The predicted molar refractivity (Wildman–Crippen MR) is 93.9 cm³/mol. The second-order valence-electron chi connectivity index (χ2n) is 5.95. The summed E-state index contributed by atoms with van der Waals surface area (Å²) in [5.41, 5.74) is 1.13. The highest BCUT2D eigenvalue weighted by Gasteiger charge is 2.08. The van der Waals surface area contributed by atoms with Crippen LogP contribution in [0.3, 0.4) is 0 Å². The number of aromatic nitrogens is 1. The van der Waals surface area contributed by atoms with E-state index in [0.29, 0.717) is 12.5 Å². The first-order valence-electron chi connectivity index (χ1n) is 7.75. The number of hydrogen-bond acceptors (Lipinski definition) is 4. The largest absolute Gasteiger partial charge is 0.354 e. The summed E-state index contributed by atoms with van der Waals surface area (Å²) in [4.78, 5) is 16.2. The minimum atomic E-state index is 0.175. The average molecular weight is 329 g/mol. The summed E-state index contributed by atoms with van der Waals surface area (Å²) in [7, 11) is 0. The molecular weight excluding hydrogens is 300 g/mol. The van der Waals surface area contributed by atoms with Crippen molar-refractivity contribution < 1.29 is 4.79 Å². The van der Waals surface area contributed by atoms with Gasteiger partial charge in [-0.05, 0) is 26.2 Å². The van der Waals surface area contributed by atoms with Crippen LogP contribution in [0, 0.1) is 12.8 Å². The molecule has 1 unspecified atom stereocenters. The van der Waals surface area contributed by atoms with Gasteiger partial charge in [0, 0.05) is 29.3 Å². The standard InChI is InChI=1S/C16H28N2OS2/c1-12(2)6-5-7-13(3)17-16(19)8-9-20-10-15-11-21-14(4)18-15/h11-13H,5-10H2,1-4H3,(H,17,19). The van der Waals surface area contributed by atoms with Gasteiger partial charge in [0.1, 0.15) is 0 Å². The van der Waals surface area contributed by atoms with Gasteiger partial charge in [0.25, 0.3) is 0 Å². The van der Waals surface area contributed by atoms with E-state index in [1.54, 1.807) is 23.1 Å². The molecule has 0 aromatic carbocycles. The number of thioether (sulfide) groups is 1. The molecule has 0 saturated heterocycles. The molecule has 3 nitrogen and oxygen atoms in total. The molecular formula is C16H28N2OS2. The monoisotopic (exact) mass is 328 g/mol. The Morgan fingerprint density at radius 3 is 2.76 bits per heavy atom. The van der Waals surface area contributed by atoms with Crippen molar-refractivity contribution in [1.29, 1.82) is 0 Å². The van der Waals surface area contributed by atoms with Crippen LogP contribution in [-0.4, -0.2) is 22.7 Å². The number of rotatable bonds is 10. The topological polar surface area (TPSA) is 42.0 Å². The summed E-state index contributed by atoms with van der Waals surface area (Å²) in [5, 5.41) is 6.30. The predicted octanol–water partition coefficient (Wildman–Crippen LogP) is 4.41. The molecule has 0 aliphatic rings. The highest BCUT2D eigenvalue weighted by molar-refractivity contribution is 7.98. The summed E-state index contributed by atoms with van der Waals surface area (Å²) < 4.78 is 0. The van der Waals surface area contributed by atoms with Crippen molar-refractivity contribution in [3.05, 3.63) is 16.1 Å². The average Bonchev–Trinajstić information content (AvgIpc) is 2.80. The van der Waals surface area contributed by atoms with Gasteiger partial charge in [0.05, 0.1) is 10.7 Å². The lowest BCUT2D eigenvalue weighted by molar-refractivity contribution is -0.121. The van der Waals surface area contributed by atoms with Crippen LogP contribution in [0.15, 0.2) is 5.38 Å². The van der Waals surface area contributed by atoms with E-state index in [1.807, 2.05) is 6.92 Å². The molecule has 0 fully saturated rings. The van der Waals surface area contributed by atoms with E-state index in [2.05, 4.69) is 36.5 Å². The van der Waals surface area contributed by atoms with E-state index in [-0.39, 0.29) is 5.91 Å². The summed E-state index contributed by atoms with van der Waals surface area (Å²) in [6, 6.07) is 0.294. The molecule has 0 spiro atoms. The van der Waals surface area contributed by atoms with Crippen LogP contribution >= 0.6 is 23.1 Å². The van der Waals surface area contributed by atoms with Crippen LogP contribution in [-0.2, 0) is 10.5 Å². The third kappa shape index (κ3) is 9.14. The smallest absolute Gasteiger partial charge is 0.221 e. The van der Waals surface area contributed by atoms with E-state index >= 15 is 0 Å². The molecule has 5 heteroatoms. The zero-order valence-electron chi connectivity index (χ0n) is 13.6. The first kappa shape index (κ1) is 18.5. The van der Waals surface area contributed by atoms with Crippen molar-refractivity contribution in [2.75, 3.05) is 5.75 Å². The molecule has 0 radical (unpaired) electrons. The molecule has 120 valence electrons. The van der Waals surface area contributed by atoms with Crippen LogP contribution < -0.4 is 5.32 Å². The lowest BCUT2D eigenvalue weighted by Gasteiger charge is -2.14. The Labute approximate surface area is 137 Å². The first-order chi connectivity index (χ1) is 9.97. The number of thiazole rings is 1. The van der Waals surface area contributed by atoms with Gasteiger partial charge < -0.3 is 5.32 Å². The van der Waals surface area contributed by atoms with Gasteiger partial charge in [-0.1, -0.05) is 26.7 Å². The van der Waals surface area contributed by atoms with Crippen LogP contribution in [0.25, 0.3) is 0 Å². The minimum absolute atomic E-state index is 0.175. The van der Waals surface area contributed by atoms with Crippen LogP contribution in [0.2, 0.25) is 0 Å². The maximum absolute atomic E-state index is 11.8. The number of aryl methyl sites for hydroxylation is 1. The summed E-state index contributed by atoms with van der Waals surface area (Å²) in [6.45, 7) is 8.60. The van der Waals surface area contributed by atoms with Crippen LogP contribution in [0.4, 0.5) is 0 Å². The molecule has 1 aromatic rings. The second kappa shape index (κ2) is 10.2. The Hall–Kier alpha value is -0.550. The molecule has 1 amide bonds. The van der Waals surface area contributed by atoms with Crippen LogP contribution in [0.5, 0.6) is 0 Å². The zero-order chi connectivity index (χ0) is 15.7. The third-order valence-electron chi connectivity index (χ3n) is 3.22. The fourth-order valence-electron chi connectivity index (χ4n) is 2.07. The molecule has 21 heavy (non-hydrogen) atoms. The Morgan fingerprint density at radius 2 is 2.14 bits per heavy atom. The maximum atomic E-state index is 11.8. The molecule has 1 heterocycles. The highest BCUT2D eigenvalue weighted by Crippen LogP contribution is 2.15. The van der Waals surface area contributed by atoms with Gasteiger partial charge in [-0.15, -0.1) is 11.3 Å². The number of carbonyl (C=O) groups excluding carboxylic acids is 1. The number of amides is 1. The van der Waals surface area contributed by atoms with Gasteiger partial charge in [-0.25, -0.2) is 4.98 Å². The quantitative estimate of drug-likeness (QED) is 0.647. The van der Waals surface area contributed by atoms with Gasteiger partial charge in [0.15, 0.2) is 0 Å². The van der Waals surface area contributed by atoms with E-state index in [4.69, 9.17) is 0 Å². The molecule has 0 saturated carbocycles. The van der Waals surface area contributed by atoms with E-state index < -0.39 is 0 Å². The number of nitrogens with zero attached hydrogens (tertiary/aromatic N) is 1. The Morgan fingerprint density at radius 1 is 1.38 bits per heavy atom. The fourth-order valence-corrected chi connectivity index (χ4v) is 3.62. The lowest BCUT2D eigenvalue weighted by Crippen LogP contribution is -2.32. The zero-order valence-corrected chi connectivity index (χ0v) is 15.3. The van der Waals surface area contributed by atoms with Crippen molar-refractivity contribution in [1.82, 2.24) is 10.3 Å². The van der Waals surface area contributed by atoms with E-state index in [9.17, 15) is 4.79 Å². The van der Waals surface area contributed by atoms with Crippen LogP contribution in [0.1, 0.15) is 57.2 Å². The van der Waals surface area contributed by atoms with Gasteiger partial charge >= 0.3 is 0 Å². The first-order valence-corrected chi connectivity index (χ1v) is 9.79. The molecule has 0 aliphatic carbocycles. The fraction of sp³-hybridized carbons (Fsp3) is 0.750.